The van der Waals surface area contributed by atoms with E-state index in [2.05, 4.69) is 26.6 Å². The minimum absolute atomic E-state index is 0.00872. The number of methoxy groups -OCH3 is 1. The third-order valence-corrected chi connectivity index (χ3v) is 4.14. The van der Waals surface area contributed by atoms with Crippen LogP contribution < -0.4 is 15.4 Å². The maximum Gasteiger partial charge on any atom is 0.311 e. The molecule has 12 heteroatoms. The number of amides is 1. The molecule has 0 bridgehead atoms. The van der Waals surface area contributed by atoms with Gasteiger partial charge >= 0.3 is 5.69 Å². The predicted molar refractivity (Wildman–Crippen MR) is 104 cm³/mol. The number of ether oxygens (including phenoxy) is 1. The number of hydrogen-bond donors (Lipinski definition) is 2. The molecule has 2 N–H and O–H groups in total. The number of carbonyl (C=O) groups excluding carboxylic acids is 1. The summed E-state index contributed by atoms with van der Waals surface area (Å²) in [6, 6.07) is 7.68. The van der Waals surface area contributed by atoms with E-state index in [1.165, 1.54) is 37.4 Å². The highest BCUT2D eigenvalue weighted by atomic mass is 79.9. The smallest absolute Gasteiger partial charge is 0.311 e. The zero-order chi connectivity index (χ0) is 20.1. The molecule has 0 spiro atoms. The molecule has 0 aliphatic rings. The van der Waals surface area contributed by atoms with Crippen molar-refractivity contribution < 1.29 is 19.4 Å². The van der Waals surface area contributed by atoms with Gasteiger partial charge in [-0.05, 0) is 46.3 Å². The zero-order valence-electron chi connectivity index (χ0n) is 13.6. The Morgan fingerprint density at radius 3 is 2.41 bits per heavy atom. The van der Waals surface area contributed by atoms with Gasteiger partial charge in [-0.15, -0.1) is 0 Å². The van der Waals surface area contributed by atoms with Gasteiger partial charge < -0.3 is 10.1 Å². The molecule has 0 radical (unpaired) electrons. The van der Waals surface area contributed by atoms with Crippen molar-refractivity contribution >= 4 is 56.2 Å². The Labute approximate surface area is 165 Å². The Hall–Kier alpha value is -3.12. The summed E-state index contributed by atoms with van der Waals surface area (Å²) in [5.41, 5.74) is -0.0731. The van der Waals surface area contributed by atoms with Crippen LogP contribution in [-0.4, -0.2) is 28.0 Å². The third kappa shape index (κ3) is 4.95. The fourth-order valence-electron chi connectivity index (χ4n) is 2.02. The predicted octanol–water partition coefficient (Wildman–Crippen LogP) is 3.40. The van der Waals surface area contributed by atoms with Gasteiger partial charge in [-0.1, -0.05) is 0 Å². The first-order valence-electron chi connectivity index (χ1n) is 7.11. The molecule has 0 aliphatic heterocycles. The molecule has 0 heterocycles. The van der Waals surface area contributed by atoms with Crippen molar-refractivity contribution in [3.05, 3.63) is 66.7 Å². The number of benzene rings is 2. The topological polar surface area (TPSA) is 137 Å². The molecule has 2 rings (SSSR count). The Morgan fingerprint density at radius 1 is 1.15 bits per heavy atom. The van der Waals surface area contributed by atoms with E-state index < -0.39 is 15.8 Å². The van der Waals surface area contributed by atoms with Gasteiger partial charge in [0.1, 0.15) is 0 Å². The van der Waals surface area contributed by atoms with Crippen LogP contribution in [0.5, 0.6) is 5.75 Å². The summed E-state index contributed by atoms with van der Waals surface area (Å²) >= 11 is 8.20. The average molecular weight is 455 g/mol. The molecule has 0 fully saturated rings. The van der Waals surface area contributed by atoms with Gasteiger partial charge in [0, 0.05) is 28.2 Å². The number of thiocarbonyl (C=S) groups is 1. The lowest BCUT2D eigenvalue weighted by molar-refractivity contribution is -0.385. The van der Waals surface area contributed by atoms with E-state index in [9.17, 15) is 25.0 Å². The van der Waals surface area contributed by atoms with E-state index in [0.29, 0.717) is 10.2 Å². The van der Waals surface area contributed by atoms with Crippen LogP contribution in [0.2, 0.25) is 0 Å². The molecule has 0 unspecified atom stereocenters. The first kappa shape index (κ1) is 20.2. The summed E-state index contributed by atoms with van der Waals surface area (Å²) in [6.07, 6.45) is 0. The van der Waals surface area contributed by atoms with E-state index >= 15 is 0 Å². The second-order valence-corrected chi connectivity index (χ2v) is 6.24. The van der Waals surface area contributed by atoms with Gasteiger partial charge in [0.15, 0.2) is 10.9 Å². The Bertz CT molecular complexity index is 952. The average Bonchev–Trinajstić information content (AvgIpc) is 2.62. The number of nitro benzene ring substituents is 2. The van der Waals surface area contributed by atoms with Crippen LogP contribution in [0.15, 0.2) is 40.9 Å². The van der Waals surface area contributed by atoms with Crippen LogP contribution in [0.3, 0.4) is 0 Å². The lowest BCUT2D eigenvalue weighted by atomic mass is 10.1. The third-order valence-electron chi connectivity index (χ3n) is 3.28. The van der Waals surface area contributed by atoms with Crippen LogP contribution in [0.1, 0.15) is 10.4 Å². The van der Waals surface area contributed by atoms with Crippen molar-refractivity contribution in [2.24, 2.45) is 0 Å². The lowest BCUT2D eigenvalue weighted by Gasteiger charge is -2.11. The number of anilines is 1. The normalized spacial score (nSPS) is 10.0. The second kappa shape index (κ2) is 8.51. The van der Waals surface area contributed by atoms with Gasteiger partial charge in [-0.25, -0.2) is 0 Å². The number of nitrogens with one attached hydrogen (secondary N) is 2. The molecule has 0 saturated heterocycles. The van der Waals surface area contributed by atoms with E-state index in [-0.39, 0.29) is 27.8 Å². The van der Waals surface area contributed by atoms with Gasteiger partial charge in [0.05, 0.1) is 22.6 Å². The Balaban J connectivity index is 2.12. The van der Waals surface area contributed by atoms with Crippen LogP contribution in [0.25, 0.3) is 0 Å². The molecule has 140 valence electrons. The van der Waals surface area contributed by atoms with Crippen molar-refractivity contribution in [2.45, 2.75) is 0 Å². The van der Waals surface area contributed by atoms with E-state index in [1.54, 1.807) is 0 Å². The van der Waals surface area contributed by atoms with Crippen LogP contribution >= 0.6 is 28.1 Å². The summed E-state index contributed by atoms with van der Waals surface area (Å²) in [4.78, 5) is 32.8. The monoisotopic (exact) mass is 454 g/mol. The van der Waals surface area contributed by atoms with E-state index in [0.717, 1.165) is 6.07 Å². The van der Waals surface area contributed by atoms with Crippen LogP contribution in [0.4, 0.5) is 17.1 Å². The molecule has 2 aromatic carbocycles. The lowest BCUT2D eigenvalue weighted by Crippen LogP contribution is -2.34. The molecule has 2 aromatic rings. The molecule has 0 saturated carbocycles. The minimum atomic E-state index is -0.670. The number of nitrogens with zero attached hydrogens (tertiary/aromatic N) is 2. The highest BCUT2D eigenvalue weighted by Crippen LogP contribution is 2.28. The molecular formula is C15H11BrN4O6S. The molecule has 27 heavy (non-hydrogen) atoms. The second-order valence-electron chi connectivity index (χ2n) is 4.97. The van der Waals surface area contributed by atoms with Crippen molar-refractivity contribution in [1.82, 2.24) is 5.32 Å². The highest BCUT2D eigenvalue weighted by Gasteiger charge is 2.19. The fourth-order valence-corrected chi connectivity index (χ4v) is 2.69. The summed E-state index contributed by atoms with van der Waals surface area (Å²) < 4.78 is 5.25. The number of halogens is 1. The first-order chi connectivity index (χ1) is 12.7. The summed E-state index contributed by atoms with van der Waals surface area (Å²) in [7, 11) is 1.28. The number of non-ortho nitro benzene ring substituents is 1. The zero-order valence-corrected chi connectivity index (χ0v) is 16.0. The van der Waals surface area contributed by atoms with Crippen LogP contribution in [0, 0.1) is 20.2 Å². The molecule has 0 aliphatic carbocycles. The SMILES string of the molecule is COc1ccc(C(=O)NC(=S)Nc2ccc([N+](=O)[O-])cc2Br)cc1[N+](=O)[O-]. The van der Waals surface area contributed by atoms with E-state index in [1.807, 2.05) is 0 Å². The molecule has 0 aromatic heterocycles. The summed E-state index contributed by atoms with van der Waals surface area (Å²) in [6.45, 7) is 0. The Kier molecular flexibility index (Phi) is 6.36. The summed E-state index contributed by atoms with van der Waals surface area (Å²) in [5.74, 6) is -0.650. The fraction of sp³-hybridized carbons (Fsp3) is 0.0667. The van der Waals surface area contributed by atoms with Crippen molar-refractivity contribution in [3.63, 3.8) is 0 Å². The molecular weight excluding hydrogens is 444 g/mol. The molecule has 1 amide bonds. The minimum Gasteiger partial charge on any atom is -0.490 e. The quantitative estimate of drug-likeness (QED) is 0.398. The molecule has 0 atom stereocenters. The number of hydrogen-bond acceptors (Lipinski definition) is 7. The summed E-state index contributed by atoms with van der Waals surface area (Å²) in [5, 5.41) is 26.8. The van der Waals surface area contributed by atoms with Crippen LogP contribution in [-0.2, 0) is 0 Å². The van der Waals surface area contributed by atoms with Gasteiger partial charge in [-0.3, -0.25) is 30.3 Å². The number of nitro groups is 2. The van der Waals surface area contributed by atoms with Crippen molar-refractivity contribution in [3.8, 4) is 5.75 Å². The number of carbonyl (C=O) groups is 1. The Morgan fingerprint density at radius 2 is 1.85 bits per heavy atom. The van der Waals surface area contributed by atoms with Gasteiger partial charge in [0.2, 0.25) is 0 Å². The maximum atomic E-state index is 12.2. The van der Waals surface area contributed by atoms with Gasteiger partial charge in [0.25, 0.3) is 11.6 Å². The highest BCUT2D eigenvalue weighted by molar-refractivity contribution is 9.10. The maximum absolute atomic E-state index is 12.2. The van der Waals surface area contributed by atoms with Crippen molar-refractivity contribution in [2.75, 3.05) is 12.4 Å². The standard InChI is InChI=1S/C15H11BrN4O6S/c1-26-13-5-2-8(6-12(13)20(24)25)14(21)18-15(27)17-11-4-3-9(19(22)23)7-10(11)16/h2-7H,1H3,(H2,17,18,21,27). The van der Waals surface area contributed by atoms with Crippen molar-refractivity contribution in [1.29, 1.82) is 0 Å². The first-order valence-corrected chi connectivity index (χ1v) is 8.31. The van der Waals surface area contributed by atoms with E-state index in [4.69, 9.17) is 17.0 Å². The molecule has 10 nitrogen and oxygen atoms in total. The number of rotatable bonds is 5. The van der Waals surface area contributed by atoms with Gasteiger partial charge in [-0.2, -0.15) is 0 Å². The largest absolute Gasteiger partial charge is 0.490 e.